The second-order valence-electron chi connectivity index (χ2n) is 3.47. The SMILES string of the molecule is O=S(=O)(F)C1CCOC12CCOC2. The van der Waals surface area contributed by atoms with Crippen molar-refractivity contribution in [3.63, 3.8) is 0 Å². The molecule has 76 valence electrons. The van der Waals surface area contributed by atoms with Crippen molar-refractivity contribution in [2.75, 3.05) is 19.8 Å². The van der Waals surface area contributed by atoms with E-state index in [1.807, 2.05) is 0 Å². The van der Waals surface area contributed by atoms with Crippen LogP contribution in [-0.4, -0.2) is 39.1 Å². The summed E-state index contributed by atoms with van der Waals surface area (Å²) in [5, 5.41) is -1.03. The van der Waals surface area contributed by atoms with E-state index < -0.39 is 21.1 Å². The van der Waals surface area contributed by atoms with Crippen molar-refractivity contribution in [3.8, 4) is 0 Å². The highest BCUT2D eigenvalue weighted by Crippen LogP contribution is 2.38. The third-order valence-electron chi connectivity index (χ3n) is 2.71. The first-order valence-corrected chi connectivity index (χ1v) is 5.64. The molecule has 2 heterocycles. The molecule has 2 aliphatic heterocycles. The van der Waals surface area contributed by atoms with Gasteiger partial charge < -0.3 is 9.47 Å². The van der Waals surface area contributed by atoms with Crippen molar-refractivity contribution in [2.45, 2.75) is 23.7 Å². The second-order valence-corrected chi connectivity index (χ2v) is 4.99. The fourth-order valence-electron chi connectivity index (χ4n) is 2.05. The van der Waals surface area contributed by atoms with Crippen LogP contribution >= 0.6 is 0 Å². The van der Waals surface area contributed by atoms with Crippen LogP contribution in [-0.2, 0) is 19.7 Å². The van der Waals surface area contributed by atoms with E-state index in [9.17, 15) is 12.3 Å². The van der Waals surface area contributed by atoms with E-state index in [0.717, 1.165) is 0 Å². The number of halogens is 1. The zero-order valence-corrected chi connectivity index (χ0v) is 7.85. The molecule has 0 bridgehead atoms. The number of ether oxygens (including phenoxy) is 2. The van der Waals surface area contributed by atoms with Crippen LogP contribution in [0.5, 0.6) is 0 Å². The van der Waals surface area contributed by atoms with Crippen molar-refractivity contribution in [1.29, 1.82) is 0 Å². The van der Waals surface area contributed by atoms with Crippen LogP contribution in [0.2, 0.25) is 0 Å². The average molecular weight is 210 g/mol. The van der Waals surface area contributed by atoms with E-state index in [-0.39, 0.29) is 13.0 Å². The molecule has 2 fully saturated rings. The van der Waals surface area contributed by atoms with Crippen LogP contribution in [0.4, 0.5) is 3.89 Å². The summed E-state index contributed by atoms with van der Waals surface area (Å²) in [5.74, 6) is 0. The molecule has 1 spiro atoms. The average Bonchev–Trinajstić information content (AvgIpc) is 2.60. The molecule has 2 atom stereocenters. The molecule has 2 rings (SSSR count). The molecule has 0 amide bonds. The van der Waals surface area contributed by atoms with Crippen molar-refractivity contribution in [1.82, 2.24) is 0 Å². The Hall–Kier alpha value is -0.200. The Morgan fingerprint density at radius 1 is 1.38 bits per heavy atom. The van der Waals surface area contributed by atoms with Crippen LogP contribution < -0.4 is 0 Å². The van der Waals surface area contributed by atoms with Crippen LogP contribution in [0.3, 0.4) is 0 Å². The highest BCUT2D eigenvalue weighted by Gasteiger charge is 2.53. The minimum absolute atomic E-state index is 0.195. The first kappa shape index (κ1) is 9.36. The summed E-state index contributed by atoms with van der Waals surface area (Å²) in [6.07, 6.45) is 0.711. The molecule has 0 aromatic rings. The van der Waals surface area contributed by atoms with Crippen LogP contribution in [0.25, 0.3) is 0 Å². The van der Waals surface area contributed by atoms with Gasteiger partial charge in [-0.1, -0.05) is 0 Å². The maximum absolute atomic E-state index is 12.8. The van der Waals surface area contributed by atoms with Gasteiger partial charge in [0.25, 0.3) is 0 Å². The third kappa shape index (κ3) is 1.47. The molecule has 2 saturated heterocycles. The van der Waals surface area contributed by atoms with Gasteiger partial charge in [-0.2, -0.15) is 8.42 Å². The van der Waals surface area contributed by atoms with E-state index >= 15 is 0 Å². The molecule has 2 unspecified atom stereocenters. The summed E-state index contributed by atoms with van der Waals surface area (Å²) in [7, 11) is -4.50. The van der Waals surface area contributed by atoms with Crippen LogP contribution in [0, 0.1) is 0 Å². The van der Waals surface area contributed by atoms with Gasteiger partial charge in [0.05, 0.1) is 6.61 Å². The molecule has 0 aromatic heterocycles. The van der Waals surface area contributed by atoms with E-state index in [0.29, 0.717) is 19.6 Å². The van der Waals surface area contributed by atoms with Gasteiger partial charge in [0, 0.05) is 19.6 Å². The maximum atomic E-state index is 12.8. The van der Waals surface area contributed by atoms with E-state index in [2.05, 4.69) is 0 Å². The maximum Gasteiger partial charge on any atom is 0.308 e. The summed E-state index contributed by atoms with van der Waals surface area (Å²) in [5.41, 5.74) is -0.895. The van der Waals surface area contributed by atoms with Gasteiger partial charge in [-0.05, 0) is 6.42 Å². The van der Waals surface area contributed by atoms with Crippen molar-refractivity contribution in [2.24, 2.45) is 0 Å². The Kier molecular flexibility index (Phi) is 2.08. The van der Waals surface area contributed by atoms with Crippen molar-refractivity contribution < 1.29 is 21.8 Å². The standard InChI is InChI=1S/C7H11FO4S/c8-13(9,10)6-1-3-12-7(6)2-4-11-5-7/h6H,1-5H2. The number of hydrogen-bond acceptors (Lipinski definition) is 4. The van der Waals surface area contributed by atoms with E-state index in [4.69, 9.17) is 9.47 Å². The predicted molar refractivity (Wildman–Crippen MR) is 42.6 cm³/mol. The Morgan fingerprint density at radius 2 is 2.15 bits per heavy atom. The third-order valence-corrected chi connectivity index (χ3v) is 4.06. The van der Waals surface area contributed by atoms with E-state index in [1.54, 1.807) is 0 Å². The molecule has 4 nitrogen and oxygen atoms in total. The summed E-state index contributed by atoms with van der Waals surface area (Å²) in [6, 6.07) is 0. The monoisotopic (exact) mass is 210 g/mol. The second kappa shape index (κ2) is 2.90. The van der Waals surface area contributed by atoms with Gasteiger partial charge in [0.2, 0.25) is 0 Å². The van der Waals surface area contributed by atoms with Gasteiger partial charge in [0.1, 0.15) is 10.9 Å². The molecule has 0 radical (unpaired) electrons. The Labute approximate surface area is 76.2 Å². The highest BCUT2D eigenvalue weighted by molar-refractivity contribution is 7.87. The first-order chi connectivity index (χ1) is 6.05. The minimum atomic E-state index is -4.50. The fourth-order valence-corrected chi connectivity index (χ4v) is 3.20. The Bertz CT molecular complexity index is 288. The normalized spacial score (nSPS) is 40.2. The molecule has 6 heteroatoms. The van der Waals surface area contributed by atoms with Gasteiger partial charge in [0.15, 0.2) is 0 Å². The number of hydrogen-bond donors (Lipinski definition) is 0. The Balaban J connectivity index is 2.28. The quantitative estimate of drug-likeness (QED) is 0.581. The van der Waals surface area contributed by atoms with Crippen LogP contribution in [0.1, 0.15) is 12.8 Å². The summed E-state index contributed by atoms with van der Waals surface area (Å²) < 4.78 is 44.8. The van der Waals surface area contributed by atoms with Crippen LogP contribution in [0.15, 0.2) is 0 Å². The lowest BCUT2D eigenvalue weighted by atomic mass is 9.99. The van der Waals surface area contributed by atoms with Gasteiger partial charge in [-0.3, -0.25) is 0 Å². The zero-order chi connectivity index (χ0) is 9.53. The first-order valence-electron chi connectivity index (χ1n) is 4.20. The molecule has 0 saturated carbocycles. The lowest BCUT2D eigenvalue weighted by molar-refractivity contribution is -0.00196. The number of rotatable bonds is 1. The lowest BCUT2D eigenvalue weighted by Crippen LogP contribution is -2.43. The van der Waals surface area contributed by atoms with Crippen molar-refractivity contribution in [3.05, 3.63) is 0 Å². The fraction of sp³-hybridized carbons (Fsp3) is 1.00. The highest BCUT2D eigenvalue weighted by atomic mass is 32.3. The smallest absolute Gasteiger partial charge is 0.308 e. The molecular weight excluding hydrogens is 199 g/mol. The summed E-state index contributed by atoms with van der Waals surface area (Å²) in [4.78, 5) is 0. The summed E-state index contributed by atoms with van der Waals surface area (Å²) in [6.45, 7) is 0.948. The molecule has 0 aliphatic carbocycles. The zero-order valence-electron chi connectivity index (χ0n) is 7.03. The largest absolute Gasteiger partial charge is 0.378 e. The minimum Gasteiger partial charge on any atom is -0.378 e. The lowest BCUT2D eigenvalue weighted by Gasteiger charge is -2.24. The van der Waals surface area contributed by atoms with E-state index in [1.165, 1.54) is 0 Å². The molecule has 13 heavy (non-hydrogen) atoms. The molecule has 2 aliphatic rings. The molecule has 0 N–H and O–H groups in total. The van der Waals surface area contributed by atoms with Gasteiger partial charge >= 0.3 is 10.2 Å². The van der Waals surface area contributed by atoms with Crippen molar-refractivity contribution >= 4 is 10.2 Å². The summed E-state index contributed by atoms with van der Waals surface area (Å²) >= 11 is 0. The predicted octanol–water partition coefficient (Wildman–Crippen LogP) is 0.234. The van der Waals surface area contributed by atoms with Gasteiger partial charge in [-0.15, -0.1) is 3.89 Å². The Morgan fingerprint density at radius 3 is 2.69 bits per heavy atom. The molecule has 0 aromatic carbocycles. The topological polar surface area (TPSA) is 52.6 Å². The molecular formula is C7H11FO4S. The van der Waals surface area contributed by atoms with Gasteiger partial charge in [-0.25, -0.2) is 0 Å².